The van der Waals surface area contributed by atoms with E-state index in [0.29, 0.717) is 11.5 Å². The number of allylic oxidation sites excluding steroid dienone is 1. The predicted molar refractivity (Wildman–Crippen MR) is 120 cm³/mol. The third kappa shape index (κ3) is 4.44. The number of aryl methyl sites for hydroxylation is 2. The molecule has 1 aromatic heterocycles. The summed E-state index contributed by atoms with van der Waals surface area (Å²) in [6, 6.07) is 11.3. The van der Waals surface area contributed by atoms with E-state index in [1.54, 1.807) is 23.9 Å². The molecule has 0 bridgehead atoms. The summed E-state index contributed by atoms with van der Waals surface area (Å²) in [7, 11) is 0. The molecule has 1 N–H and O–H groups in total. The van der Waals surface area contributed by atoms with E-state index in [1.807, 2.05) is 50.4 Å². The van der Waals surface area contributed by atoms with Gasteiger partial charge in [0.25, 0.3) is 0 Å². The van der Waals surface area contributed by atoms with Gasteiger partial charge in [-0.05, 0) is 81.0 Å². The van der Waals surface area contributed by atoms with Crippen LogP contribution in [-0.2, 0) is 4.79 Å². The van der Waals surface area contributed by atoms with Gasteiger partial charge in [-0.2, -0.15) is 0 Å². The average molecular weight is 425 g/mol. The monoisotopic (exact) mass is 424 g/mol. The lowest BCUT2D eigenvalue weighted by Crippen LogP contribution is -2.38. The minimum Gasteiger partial charge on any atom is -0.478 e. The summed E-state index contributed by atoms with van der Waals surface area (Å²) in [6.45, 7) is 6.72. The Balaban J connectivity index is 1.84. The van der Waals surface area contributed by atoms with Crippen molar-refractivity contribution in [2.24, 2.45) is 0 Å². The molecule has 0 radical (unpaired) electrons. The normalized spacial score (nSPS) is 11.9. The molecule has 0 aliphatic carbocycles. The maximum Gasteiger partial charge on any atom is 0.347 e. The number of furan rings is 1. The van der Waals surface area contributed by atoms with Gasteiger partial charge in [0.15, 0.2) is 11.4 Å². The predicted octanol–water partition coefficient (Wildman–Crippen LogP) is 5.91. The molecule has 0 amide bonds. The highest BCUT2D eigenvalue weighted by molar-refractivity contribution is 7.98. The van der Waals surface area contributed by atoms with Crippen LogP contribution < -0.4 is 4.74 Å². The zero-order chi connectivity index (χ0) is 22.1. The third-order valence-electron chi connectivity index (χ3n) is 4.75. The van der Waals surface area contributed by atoms with Crippen LogP contribution in [-0.4, -0.2) is 28.7 Å². The molecule has 0 saturated carbocycles. The molecule has 3 rings (SSSR count). The summed E-state index contributed by atoms with van der Waals surface area (Å²) in [5.74, 6) is -0.431. The number of ether oxygens (including phenoxy) is 1. The zero-order valence-electron chi connectivity index (χ0n) is 17.6. The molecule has 2 aromatic carbocycles. The minimum atomic E-state index is -1.33. The Kier molecular flexibility index (Phi) is 6.08. The number of carbonyl (C=O) groups excluding carboxylic acids is 1. The number of benzene rings is 2. The lowest BCUT2D eigenvalue weighted by molar-refractivity contribution is -0.152. The van der Waals surface area contributed by atoms with Gasteiger partial charge in [-0.25, -0.2) is 4.79 Å². The number of carbonyl (C=O) groups is 2. The Bertz CT molecular complexity index is 1130. The van der Waals surface area contributed by atoms with Crippen molar-refractivity contribution < 1.29 is 23.8 Å². The maximum atomic E-state index is 12.6. The van der Waals surface area contributed by atoms with Crippen LogP contribution >= 0.6 is 11.8 Å². The number of carboxylic acid groups (broad SMARTS) is 1. The van der Waals surface area contributed by atoms with Crippen molar-refractivity contribution in [2.75, 3.05) is 6.26 Å². The molecule has 0 atom stereocenters. The van der Waals surface area contributed by atoms with Crippen molar-refractivity contribution >= 4 is 40.6 Å². The van der Waals surface area contributed by atoms with Gasteiger partial charge >= 0.3 is 5.97 Å². The van der Waals surface area contributed by atoms with E-state index in [4.69, 9.17) is 9.15 Å². The van der Waals surface area contributed by atoms with Crippen LogP contribution in [0.5, 0.6) is 5.75 Å². The Hall–Kier alpha value is -2.99. The zero-order valence-corrected chi connectivity index (χ0v) is 18.4. The first kappa shape index (κ1) is 21.7. The second-order valence-corrected chi connectivity index (χ2v) is 8.44. The lowest BCUT2D eigenvalue weighted by Gasteiger charge is -2.24. The Morgan fingerprint density at radius 1 is 1.13 bits per heavy atom. The molecule has 5 nitrogen and oxygen atoms in total. The van der Waals surface area contributed by atoms with Crippen molar-refractivity contribution in [1.29, 1.82) is 0 Å². The highest BCUT2D eigenvalue weighted by Crippen LogP contribution is 2.31. The second-order valence-electron chi connectivity index (χ2n) is 7.59. The van der Waals surface area contributed by atoms with Crippen molar-refractivity contribution in [2.45, 2.75) is 38.2 Å². The molecule has 30 heavy (non-hydrogen) atoms. The van der Waals surface area contributed by atoms with Crippen molar-refractivity contribution in [3.8, 4) is 5.75 Å². The van der Waals surface area contributed by atoms with Gasteiger partial charge in [-0.3, -0.25) is 4.79 Å². The van der Waals surface area contributed by atoms with Crippen molar-refractivity contribution in [1.82, 2.24) is 0 Å². The second kappa shape index (κ2) is 8.40. The molecular formula is C24H24O5S. The fourth-order valence-corrected chi connectivity index (χ4v) is 3.67. The van der Waals surface area contributed by atoms with E-state index in [2.05, 4.69) is 0 Å². The molecule has 0 saturated heterocycles. The summed E-state index contributed by atoms with van der Waals surface area (Å²) in [5, 5.41) is 10.2. The maximum absolute atomic E-state index is 12.6. The van der Waals surface area contributed by atoms with Crippen LogP contribution in [0.1, 0.15) is 41.1 Å². The van der Waals surface area contributed by atoms with E-state index in [-0.39, 0.29) is 5.78 Å². The molecule has 0 fully saturated rings. The fourth-order valence-electron chi connectivity index (χ4n) is 3.11. The first-order valence-electron chi connectivity index (χ1n) is 9.45. The van der Waals surface area contributed by atoms with Crippen LogP contribution in [0.3, 0.4) is 0 Å². The number of carboxylic acids is 1. The highest BCUT2D eigenvalue weighted by atomic mass is 32.2. The first-order valence-corrected chi connectivity index (χ1v) is 10.7. The topological polar surface area (TPSA) is 76.7 Å². The van der Waals surface area contributed by atoms with Gasteiger partial charge in [0, 0.05) is 5.39 Å². The molecule has 0 unspecified atom stereocenters. The van der Waals surface area contributed by atoms with Crippen molar-refractivity contribution in [3.05, 3.63) is 64.9 Å². The van der Waals surface area contributed by atoms with E-state index in [9.17, 15) is 14.7 Å². The Morgan fingerprint density at radius 2 is 1.80 bits per heavy atom. The minimum absolute atomic E-state index is 0.221. The summed E-state index contributed by atoms with van der Waals surface area (Å²) in [6.07, 6.45) is 5.16. The van der Waals surface area contributed by atoms with Crippen LogP contribution in [0.4, 0.5) is 0 Å². The van der Waals surface area contributed by atoms with Crippen LogP contribution in [0.2, 0.25) is 0 Å². The van der Waals surface area contributed by atoms with Gasteiger partial charge in [0.05, 0.1) is 4.90 Å². The summed E-state index contributed by atoms with van der Waals surface area (Å²) >= 11 is 1.57. The highest BCUT2D eigenvalue weighted by Gasteiger charge is 2.30. The van der Waals surface area contributed by atoms with E-state index in [1.165, 1.54) is 19.9 Å². The third-order valence-corrected chi connectivity index (χ3v) is 5.51. The van der Waals surface area contributed by atoms with Gasteiger partial charge in [-0.1, -0.05) is 18.2 Å². The van der Waals surface area contributed by atoms with Crippen LogP contribution in [0.15, 0.2) is 51.8 Å². The number of thioether (sulfide) groups is 1. The summed E-state index contributed by atoms with van der Waals surface area (Å²) in [4.78, 5) is 24.9. The quantitative estimate of drug-likeness (QED) is 0.289. The largest absolute Gasteiger partial charge is 0.478 e. The molecule has 1 heterocycles. The molecular weight excluding hydrogens is 400 g/mol. The van der Waals surface area contributed by atoms with Crippen LogP contribution in [0.25, 0.3) is 17.0 Å². The molecule has 6 heteroatoms. The van der Waals surface area contributed by atoms with Crippen molar-refractivity contribution in [3.63, 3.8) is 0 Å². The van der Waals surface area contributed by atoms with Gasteiger partial charge in [0.1, 0.15) is 11.3 Å². The summed E-state index contributed by atoms with van der Waals surface area (Å²) < 4.78 is 11.5. The smallest absolute Gasteiger partial charge is 0.347 e. The molecule has 0 aliphatic rings. The SMILES string of the molecule is CSc1cccc2cc(C(=O)/C=C/c3cc(C)c(OC(C)(C)C(=O)O)c(C)c3)oc12. The van der Waals surface area contributed by atoms with Gasteiger partial charge in [0.2, 0.25) is 5.78 Å². The summed E-state index contributed by atoms with van der Waals surface area (Å²) in [5.41, 5.74) is 1.80. The number of ketones is 1. The molecule has 156 valence electrons. The first-order chi connectivity index (χ1) is 14.1. The molecule has 0 aliphatic heterocycles. The number of aliphatic carboxylic acids is 1. The molecule has 0 spiro atoms. The number of hydrogen-bond donors (Lipinski definition) is 1. The van der Waals surface area contributed by atoms with E-state index in [0.717, 1.165) is 32.6 Å². The number of fused-ring (bicyclic) bond motifs is 1. The van der Waals surface area contributed by atoms with E-state index < -0.39 is 11.6 Å². The van der Waals surface area contributed by atoms with Gasteiger partial charge < -0.3 is 14.3 Å². The Morgan fingerprint density at radius 3 is 2.40 bits per heavy atom. The molecule has 3 aromatic rings. The standard InChI is InChI=1S/C24H24O5S/c1-14-11-16(12-15(2)21(14)29-24(3,4)23(26)27)9-10-18(25)19-13-17-7-6-8-20(30-5)22(17)28-19/h6-13H,1-5H3,(H,26,27)/b10-9+. The average Bonchev–Trinajstić information content (AvgIpc) is 3.13. The number of para-hydroxylation sites is 1. The van der Waals surface area contributed by atoms with Crippen LogP contribution in [0, 0.1) is 13.8 Å². The number of hydrogen-bond acceptors (Lipinski definition) is 5. The Labute approximate surface area is 179 Å². The lowest BCUT2D eigenvalue weighted by atomic mass is 10.0. The van der Waals surface area contributed by atoms with E-state index >= 15 is 0 Å². The number of rotatable bonds is 7. The van der Waals surface area contributed by atoms with Gasteiger partial charge in [-0.15, -0.1) is 11.8 Å². The fraction of sp³-hybridized carbons (Fsp3) is 0.250.